The molecule has 0 aromatic carbocycles. The van der Waals surface area contributed by atoms with Gasteiger partial charge in [-0.1, -0.05) is 6.92 Å². The summed E-state index contributed by atoms with van der Waals surface area (Å²) in [5, 5.41) is 4.21. The van der Waals surface area contributed by atoms with Crippen LogP contribution in [0, 0.1) is 0 Å². The second-order valence-electron chi connectivity index (χ2n) is 3.30. The first-order valence-electron chi connectivity index (χ1n) is 4.83. The lowest BCUT2D eigenvalue weighted by atomic mass is 10.2. The number of rotatable bonds is 3. The third-order valence-electron chi connectivity index (χ3n) is 2.27. The van der Waals surface area contributed by atoms with Gasteiger partial charge in [-0.25, -0.2) is 0 Å². The molecule has 0 unspecified atom stereocenters. The highest BCUT2D eigenvalue weighted by atomic mass is 16.3. The van der Waals surface area contributed by atoms with E-state index in [-0.39, 0.29) is 5.78 Å². The van der Waals surface area contributed by atoms with Crippen molar-refractivity contribution >= 4 is 5.78 Å². The van der Waals surface area contributed by atoms with Crippen molar-refractivity contribution in [2.24, 2.45) is 7.05 Å². The fourth-order valence-electron chi connectivity index (χ4n) is 1.45. The van der Waals surface area contributed by atoms with Crippen molar-refractivity contribution in [3.63, 3.8) is 0 Å². The molecule has 4 heteroatoms. The van der Waals surface area contributed by atoms with Crippen LogP contribution in [0.2, 0.25) is 0 Å². The van der Waals surface area contributed by atoms with Crippen molar-refractivity contribution in [3.05, 3.63) is 41.6 Å². The number of hydrogen-bond donors (Lipinski definition) is 0. The van der Waals surface area contributed by atoms with Crippen molar-refractivity contribution in [1.29, 1.82) is 0 Å². The average Bonchev–Trinajstić information content (AvgIpc) is 2.85. The summed E-state index contributed by atoms with van der Waals surface area (Å²) < 4.78 is 6.64. The molecule has 2 aromatic heterocycles. The van der Waals surface area contributed by atoms with Crippen LogP contribution < -0.4 is 0 Å². The van der Waals surface area contributed by atoms with E-state index in [0.717, 1.165) is 12.1 Å². The highest BCUT2D eigenvalue weighted by Crippen LogP contribution is 2.11. The molecule has 0 amide bonds. The Morgan fingerprint density at radius 1 is 1.60 bits per heavy atom. The third kappa shape index (κ3) is 1.70. The van der Waals surface area contributed by atoms with Crippen molar-refractivity contribution in [2.75, 3.05) is 0 Å². The molecule has 2 rings (SSSR count). The highest BCUT2D eigenvalue weighted by molar-refractivity contribution is 6.05. The molecule has 0 N–H and O–H groups in total. The van der Waals surface area contributed by atoms with E-state index < -0.39 is 0 Å². The predicted molar refractivity (Wildman–Crippen MR) is 54.7 cm³/mol. The Balaban J connectivity index is 2.37. The maximum absolute atomic E-state index is 11.9. The van der Waals surface area contributed by atoms with E-state index >= 15 is 0 Å². The van der Waals surface area contributed by atoms with E-state index in [4.69, 9.17) is 4.42 Å². The number of carbonyl (C=O) groups excluding carboxylic acids is 1. The van der Waals surface area contributed by atoms with E-state index in [1.807, 2.05) is 6.92 Å². The Kier molecular flexibility index (Phi) is 2.41. The Morgan fingerprint density at radius 2 is 2.40 bits per heavy atom. The van der Waals surface area contributed by atoms with Crippen LogP contribution in [-0.2, 0) is 13.5 Å². The highest BCUT2D eigenvalue weighted by Gasteiger charge is 2.16. The molecule has 2 aromatic rings. The maximum Gasteiger partial charge on any atom is 0.246 e. The fourth-order valence-corrected chi connectivity index (χ4v) is 1.45. The van der Waals surface area contributed by atoms with E-state index in [1.54, 1.807) is 29.9 Å². The van der Waals surface area contributed by atoms with Gasteiger partial charge < -0.3 is 4.42 Å². The molecule has 0 aliphatic rings. The summed E-state index contributed by atoms with van der Waals surface area (Å²) in [4.78, 5) is 11.9. The number of ketones is 1. The van der Waals surface area contributed by atoms with Gasteiger partial charge in [0, 0.05) is 7.05 Å². The molecular formula is C11H12N2O2. The monoisotopic (exact) mass is 204 g/mol. The normalized spacial score (nSPS) is 10.5. The second-order valence-corrected chi connectivity index (χ2v) is 3.30. The summed E-state index contributed by atoms with van der Waals surface area (Å²) in [6, 6.07) is 5.15. The van der Waals surface area contributed by atoms with Gasteiger partial charge in [-0.3, -0.25) is 9.48 Å². The van der Waals surface area contributed by atoms with E-state index in [0.29, 0.717) is 11.5 Å². The molecule has 0 saturated heterocycles. The average molecular weight is 204 g/mol. The van der Waals surface area contributed by atoms with Crippen molar-refractivity contribution in [3.8, 4) is 0 Å². The predicted octanol–water partition coefficient (Wildman–Crippen LogP) is 1.81. The molecule has 0 saturated carbocycles. The van der Waals surface area contributed by atoms with Crippen molar-refractivity contribution < 1.29 is 9.21 Å². The second kappa shape index (κ2) is 3.73. The standard InChI is InChI=1S/C11H12N2O2/c1-3-8-7-9(13(2)12-8)11(14)10-5-4-6-15-10/h4-7H,3H2,1-2H3. The quantitative estimate of drug-likeness (QED) is 0.716. The molecule has 4 nitrogen and oxygen atoms in total. The number of aryl methyl sites for hydroxylation is 2. The first kappa shape index (κ1) is 9.71. The van der Waals surface area contributed by atoms with Gasteiger partial charge in [0.05, 0.1) is 12.0 Å². The minimum absolute atomic E-state index is 0.130. The molecular weight excluding hydrogens is 192 g/mol. The largest absolute Gasteiger partial charge is 0.461 e. The minimum Gasteiger partial charge on any atom is -0.461 e. The van der Waals surface area contributed by atoms with Crippen LogP contribution in [0.1, 0.15) is 28.9 Å². The van der Waals surface area contributed by atoms with Crippen molar-refractivity contribution in [1.82, 2.24) is 9.78 Å². The van der Waals surface area contributed by atoms with Crippen LogP contribution in [0.15, 0.2) is 28.9 Å². The van der Waals surface area contributed by atoms with Crippen LogP contribution in [-0.4, -0.2) is 15.6 Å². The van der Waals surface area contributed by atoms with E-state index in [1.165, 1.54) is 6.26 Å². The number of hydrogen-bond acceptors (Lipinski definition) is 3. The lowest BCUT2D eigenvalue weighted by Gasteiger charge is -1.96. The zero-order valence-electron chi connectivity index (χ0n) is 8.73. The summed E-state index contributed by atoms with van der Waals surface area (Å²) in [6.07, 6.45) is 2.31. The van der Waals surface area contributed by atoms with Gasteiger partial charge in [0.2, 0.25) is 5.78 Å². The third-order valence-corrected chi connectivity index (χ3v) is 2.27. The van der Waals surface area contributed by atoms with Crippen LogP contribution in [0.4, 0.5) is 0 Å². The number of nitrogens with zero attached hydrogens (tertiary/aromatic N) is 2. The molecule has 0 aliphatic carbocycles. The molecule has 2 heterocycles. The first-order chi connectivity index (χ1) is 7.22. The van der Waals surface area contributed by atoms with Crippen LogP contribution in [0.3, 0.4) is 0 Å². The minimum atomic E-state index is -0.130. The molecule has 0 bridgehead atoms. The SMILES string of the molecule is CCc1cc(C(=O)c2ccco2)n(C)n1. The van der Waals surface area contributed by atoms with Gasteiger partial charge in [-0.05, 0) is 24.6 Å². The zero-order valence-corrected chi connectivity index (χ0v) is 8.73. The Morgan fingerprint density at radius 3 is 2.93 bits per heavy atom. The van der Waals surface area contributed by atoms with Crippen LogP contribution >= 0.6 is 0 Å². The summed E-state index contributed by atoms with van der Waals surface area (Å²) in [5.74, 6) is 0.218. The Hall–Kier alpha value is -1.84. The first-order valence-corrected chi connectivity index (χ1v) is 4.83. The molecule has 0 spiro atoms. The molecule has 0 atom stereocenters. The van der Waals surface area contributed by atoms with Crippen molar-refractivity contribution in [2.45, 2.75) is 13.3 Å². The summed E-state index contributed by atoms with van der Waals surface area (Å²) in [5.41, 5.74) is 1.47. The van der Waals surface area contributed by atoms with E-state index in [9.17, 15) is 4.79 Å². The summed E-state index contributed by atoms with van der Waals surface area (Å²) >= 11 is 0. The van der Waals surface area contributed by atoms with Gasteiger partial charge in [0.1, 0.15) is 5.69 Å². The topological polar surface area (TPSA) is 48.0 Å². The lowest BCUT2D eigenvalue weighted by molar-refractivity contribution is 0.100. The summed E-state index contributed by atoms with van der Waals surface area (Å²) in [6.45, 7) is 2.00. The van der Waals surface area contributed by atoms with Gasteiger partial charge in [-0.15, -0.1) is 0 Å². The number of furan rings is 1. The van der Waals surface area contributed by atoms with Gasteiger partial charge in [0.25, 0.3) is 0 Å². The molecule has 0 fully saturated rings. The van der Waals surface area contributed by atoms with Gasteiger partial charge in [0.15, 0.2) is 5.76 Å². The van der Waals surface area contributed by atoms with Gasteiger partial charge >= 0.3 is 0 Å². The Bertz CT molecular complexity index is 469. The smallest absolute Gasteiger partial charge is 0.246 e. The van der Waals surface area contributed by atoms with Crippen LogP contribution in [0.25, 0.3) is 0 Å². The fraction of sp³-hybridized carbons (Fsp3) is 0.273. The summed E-state index contributed by atoms with van der Waals surface area (Å²) in [7, 11) is 1.76. The lowest BCUT2D eigenvalue weighted by Crippen LogP contribution is -2.07. The maximum atomic E-state index is 11.9. The van der Waals surface area contributed by atoms with E-state index in [2.05, 4.69) is 5.10 Å². The van der Waals surface area contributed by atoms with Gasteiger partial charge in [-0.2, -0.15) is 5.10 Å². The number of aromatic nitrogens is 2. The van der Waals surface area contributed by atoms with Crippen LogP contribution in [0.5, 0.6) is 0 Å². The zero-order chi connectivity index (χ0) is 10.8. The molecule has 78 valence electrons. The molecule has 0 radical (unpaired) electrons. The molecule has 0 aliphatic heterocycles. The number of carbonyl (C=O) groups is 1. The Labute approximate surface area is 87.5 Å². The molecule has 15 heavy (non-hydrogen) atoms.